The molecule has 0 bridgehead atoms. The first kappa shape index (κ1) is 15.0. The minimum absolute atomic E-state index is 0.199. The smallest absolute Gasteiger partial charge is 0.307 e. The molecule has 1 aromatic heterocycles. The molecular weight excluding hydrogens is 304 g/mol. The van der Waals surface area contributed by atoms with Gasteiger partial charge in [-0.2, -0.15) is 4.39 Å². The first-order chi connectivity index (χ1) is 9.99. The molecule has 2 rings (SSSR count). The number of nitrogens with zero attached hydrogens (tertiary/aromatic N) is 2. The summed E-state index contributed by atoms with van der Waals surface area (Å²) >= 11 is 1.41. The Morgan fingerprint density at radius 3 is 2.76 bits per heavy atom. The lowest BCUT2D eigenvalue weighted by molar-refractivity contribution is -0.387. The fourth-order valence-corrected chi connectivity index (χ4v) is 2.23. The van der Waals surface area contributed by atoms with Crippen LogP contribution < -0.4 is 5.32 Å². The number of nitro benzene ring substituents is 1. The first-order valence-electron chi connectivity index (χ1n) is 5.79. The second-order valence-corrected chi connectivity index (χ2v) is 4.95. The SMILES string of the molecule is O=C(NCCc1nccs1)c1cc(F)c([N+](=O)[O-])cc1F. The van der Waals surface area contributed by atoms with E-state index in [-0.39, 0.29) is 6.54 Å². The third-order valence-corrected chi connectivity index (χ3v) is 3.43. The standard InChI is InChI=1S/C12H9F2N3O3S/c13-8-6-10(17(19)20)9(14)5-7(8)12(18)16-2-1-11-15-3-4-21-11/h3-6H,1-2H2,(H,16,18). The molecule has 0 aliphatic carbocycles. The van der Waals surface area contributed by atoms with Crippen LogP contribution in [0.1, 0.15) is 15.4 Å². The second kappa shape index (κ2) is 6.35. The summed E-state index contributed by atoms with van der Waals surface area (Å²) in [6, 6.07) is 0.914. The van der Waals surface area contributed by atoms with Gasteiger partial charge in [-0.05, 0) is 6.07 Å². The molecule has 0 radical (unpaired) electrons. The zero-order chi connectivity index (χ0) is 15.4. The molecule has 110 valence electrons. The molecule has 0 spiro atoms. The number of carbonyl (C=O) groups excluding carboxylic acids is 1. The molecule has 1 aromatic carbocycles. The summed E-state index contributed by atoms with van der Waals surface area (Å²) in [5.41, 5.74) is -1.58. The van der Waals surface area contributed by atoms with E-state index in [1.807, 2.05) is 0 Å². The minimum Gasteiger partial charge on any atom is -0.352 e. The van der Waals surface area contributed by atoms with Crippen LogP contribution in [0, 0.1) is 21.7 Å². The van der Waals surface area contributed by atoms with Crippen molar-refractivity contribution in [3.8, 4) is 0 Å². The Hall–Kier alpha value is -2.42. The average Bonchev–Trinajstić information content (AvgIpc) is 2.93. The summed E-state index contributed by atoms with van der Waals surface area (Å²) in [5, 5.41) is 15.4. The van der Waals surface area contributed by atoms with Gasteiger partial charge in [-0.25, -0.2) is 9.37 Å². The maximum Gasteiger partial charge on any atom is 0.307 e. The van der Waals surface area contributed by atoms with E-state index in [4.69, 9.17) is 0 Å². The molecule has 2 aromatic rings. The molecule has 6 nitrogen and oxygen atoms in total. The molecule has 0 aliphatic heterocycles. The van der Waals surface area contributed by atoms with Crippen LogP contribution in [-0.2, 0) is 6.42 Å². The van der Waals surface area contributed by atoms with Crippen LogP contribution in [0.2, 0.25) is 0 Å². The summed E-state index contributed by atoms with van der Waals surface area (Å²) in [7, 11) is 0. The van der Waals surface area contributed by atoms with Crippen molar-refractivity contribution in [2.24, 2.45) is 0 Å². The van der Waals surface area contributed by atoms with Crippen molar-refractivity contribution in [3.63, 3.8) is 0 Å². The highest BCUT2D eigenvalue weighted by atomic mass is 32.1. The lowest BCUT2D eigenvalue weighted by Crippen LogP contribution is -2.26. The lowest BCUT2D eigenvalue weighted by atomic mass is 10.1. The van der Waals surface area contributed by atoms with Gasteiger partial charge in [0, 0.05) is 24.5 Å². The largest absolute Gasteiger partial charge is 0.352 e. The molecule has 1 amide bonds. The quantitative estimate of drug-likeness (QED) is 0.678. The number of nitro groups is 1. The van der Waals surface area contributed by atoms with Crippen LogP contribution in [0.15, 0.2) is 23.7 Å². The Kier molecular flexibility index (Phi) is 4.53. The number of thiazole rings is 1. The van der Waals surface area contributed by atoms with Gasteiger partial charge in [-0.1, -0.05) is 0 Å². The Morgan fingerprint density at radius 1 is 1.38 bits per heavy atom. The van der Waals surface area contributed by atoms with Gasteiger partial charge in [0.05, 0.1) is 21.6 Å². The molecule has 0 atom stereocenters. The van der Waals surface area contributed by atoms with E-state index < -0.39 is 33.7 Å². The van der Waals surface area contributed by atoms with E-state index in [1.54, 1.807) is 11.6 Å². The van der Waals surface area contributed by atoms with Gasteiger partial charge in [0.15, 0.2) is 0 Å². The zero-order valence-corrected chi connectivity index (χ0v) is 11.3. The highest BCUT2D eigenvalue weighted by Gasteiger charge is 2.21. The Labute approximate surface area is 121 Å². The van der Waals surface area contributed by atoms with Gasteiger partial charge in [0.2, 0.25) is 5.82 Å². The average molecular weight is 313 g/mol. The minimum atomic E-state index is -1.26. The molecule has 0 aliphatic rings. The van der Waals surface area contributed by atoms with E-state index in [9.17, 15) is 23.7 Å². The van der Waals surface area contributed by atoms with E-state index in [1.165, 1.54) is 11.3 Å². The van der Waals surface area contributed by atoms with Crippen LogP contribution in [0.3, 0.4) is 0 Å². The summed E-state index contributed by atoms with van der Waals surface area (Å²) in [4.78, 5) is 25.1. The monoisotopic (exact) mass is 313 g/mol. The van der Waals surface area contributed by atoms with Crippen LogP contribution in [0.4, 0.5) is 14.5 Å². The normalized spacial score (nSPS) is 10.4. The predicted molar refractivity (Wildman–Crippen MR) is 71.2 cm³/mol. The molecule has 1 heterocycles. The summed E-state index contributed by atoms with van der Waals surface area (Å²) < 4.78 is 27.0. The number of halogens is 2. The fourth-order valence-electron chi connectivity index (χ4n) is 1.60. The van der Waals surface area contributed by atoms with Crippen molar-refractivity contribution in [2.75, 3.05) is 6.54 Å². The number of benzene rings is 1. The molecule has 21 heavy (non-hydrogen) atoms. The van der Waals surface area contributed by atoms with Crippen molar-refractivity contribution in [1.29, 1.82) is 0 Å². The maximum absolute atomic E-state index is 13.6. The van der Waals surface area contributed by atoms with Gasteiger partial charge >= 0.3 is 5.69 Å². The van der Waals surface area contributed by atoms with E-state index in [2.05, 4.69) is 10.3 Å². The predicted octanol–water partition coefficient (Wildman–Crippen LogP) is 2.30. The van der Waals surface area contributed by atoms with Gasteiger partial charge in [-0.3, -0.25) is 14.9 Å². The Bertz CT molecular complexity index is 677. The number of aromatic nitrogens is 1. The Morgan fingerprint density at radius 2 is 2.14 bits per heavy atom. The fraction of sp³-hybridized carbons (Fsp3) is 0.167. The summed E-state index contributed by atoms with van der Waals surface area (Å²) in [6.45, 7) is 0.199. The topological polar surface area (TPSA) is 85.1 Å². The van der Waals surface area contributed by atoms with Crippen LogP contribution in [0.25, 0.3) is 0 Å². The lowest BCUT2D eigenvalue weighted by Gasteiger charge is -2.05. The van der Waals surface area contributed by atoms with Crippen molar-refractivity contribution in [1.82, 2.24) is 10.3 Å². The molecule has 1 N–H and O–H groups in total. The van der Waals surface area contributed by atoms with Gasteiger partial charge in [0.25, 0.3) is 5.91 Å². The van der Waals surface area contributed by atoms with Crippen LogP contribution in [0.5, 0.6) is 0 Å². The third-order valence-electron chi connectivity index (χ3n) is 2.59. The summed E-state index contributed by atoms with van der Waals surface area (Å²) in [5.74, 6) is -3.24. The third kappa shape index (κ3) is 3.57. The first-order valence-corrected chi connectivity index (χ1v) is 6.67. The highest BCUT2D eigenvalue weighted by Crippen LogP contribution is 2.21. The Balaban J connectivity index is 2.05. The molecular formula is C12H9F2N3O3S. The molecule has 0 unspecified atom stereocenters. The van der Waals surface area contributed by atoms with Crippen molar-refractivity contribution in [2.45, 2.75) is 6.42 Å². The maximum atomic E-state index is 13.6. The van der Waals surface area contributed by atoms with Gasteiger partial charge in [0.1, 0.15) is 5.82 Å². The second-order valence-electron chi connectivity index (χ2n) is 3.97. The highest BCUT2D eigenvalue weighted by molar-refractivity contribution is 7.09. The number of carbonyl (C=O) groups is 1. The van der Waals surface area contributed by atoms with E-state index in [0.717, 1.165) is 5.01 Å². The van der Waals surface area contributed by atoms with Crippen LogP contribution >= 0.6 is 11.3 Å². The number of amides is 1. The van der Waals surface area contributed by atoms with E-state index >= 15 is 0 Å². The van der Waals surface area contributed by atoms with E-state index in [0.29, 0.717) is 18.6 Å². The van der Waals surface area contributed by atoms with Gasteiger partial charge < -0.3 is 5.32 Å². The molecule has 0 fully saturated rings. The molecule has 0 saturated carbocycles. The zero-order valence-electron chi connectivity index (χ0n) is 10.5. The molecule has 9 heteroatoms. The van der Waals surface area contributed by atoms with Gasteiger partial charge in [-0.15, -0.1) is 11.3 Å². The van der Waals surface area contributed by atoms with Crippen molar-refractivity contribution in [3.05, 3.63) is 56.0 Å². The number of nitrogens with one attached hydrogen (secondary N) is 1. The van der Waals surface area contributed by atoms with Crippen LogP contribution in [-0.4, -0.2) is 22.4 Å². The van der Waals surface area contributed by atoms with Crippen molar-refractivity contribution < 1.29 is 18.5 Å². The number of hydrogen-bond donors (Lipinski definition) is 1. The number of rotatable bonds is 5. The molecule has 0 saturated heterocycles. The number of hydrogen-bond acceptors (Lipinski definition) is 5. The van der Waals surface area contributed by atoms with Crippen molar-refractivity contribution >= 4 is 22.9 Å². The summed E-state index contributed by atoms with van der Waals surface area (Å²) in [6.07, 6.45) is 2.08.